The largest absolute Gasteiger partial charge is 0.507 e. The van der Waals surface area contributed by atoms with E-state index in [9.17, 15) is 69.5 Å². The molecule has 5 aromatic rings. The van der Waals surface area contributed by atoms with E-state index in [-0.39, 0.29) is 33.5 Å². The van der Waals surface area contributed by atoms with Crippen molar-refractivity contribution in [3.63, 3.8) is 0 Å². The van der Waals surface area contributed by atoms with E-state index in [0.29, 0.717) is 12.1 Å². The van der Waals surface area contributed by atoms with Crippen molar-refractivity contribution in [1.82, 2.24) is 0 Å². The van der Waals surface area contributed by atoms with Gasteiger partial charge in [0.2, 0.25) is 0 Å². The molecule has 0 aromatic heterocycles. The summed E-state index contributed by atoms with van der Waals surface area (Å²) in [4.78, 5) is 7.81. The van der Waals surface area contributed by atoms with Gasteiger partial charge in [-0.3, -0.25) is 23.8 Å². The number of nitro benzene ring substituents is 1. The molecule has 8 N–H and O–H groups in total. The molecule has 0 heterocycles. The number of nitrogens with zero attached hydrogens (tertiary/aromatic N) is 5. The van der Waals surface area contributed by atoms with Gasteiger partial charge in [0.25, 0.3) is 36.0 Å². The number of rotatable bonds is 11. The molecule has 0 saturated heterocycles. The highest BCUT2D eigenvalue weighted by atomic mass is 32.2. The lowest BCUT2D eigenvalue weighted by Gasteiger charge is -2.11. The van der Waals surface area contributed by atoms with Crippen LogP contribution in [0.15, 0.2) is 108 Å². The molecule has 0 spiro atoms. The van der Waals surface area contributed by atoms with Gasteiger partial charge in [-0.1, -0.05) is 0 Å². The number of aliphatic hydroxyl groups is 1. The smallest absolute Gasteiger partial charge is 0.296 e. The monoisotopic (exact) mass is 790 g/mol. The van der Waals surface area contributed by atoms with Crippen LogP contribution < -0.4 is 5.32 Å². The van der Waals surface area contributed by atoms with Crippen molar-refractivity contribution in [2.75, 3.05) is 5.32 Å². The molecular weight excluding hydrogens is 769 g/mol. The summed E-state index contributed by atoms with van der Waals surface area (Å²) in [5.74, 6) is -2.36. The van der Waals surface area contributed by atoms with E-state index in [1.807, 2.05) is 0 Å². The Kier molecular flexibility index (Phi) is 10.1. The van der Waals surface area contributed by atoms with Crippen LogP contribution in [-0.4, -0.2) is 64.3 Å². The lowest BCUT2D eigenvalue weighted by Crippen LogP contribution is -2.04. The van der Waals surface area contributed by atoms with Crippen molar-refractivity contribution in [3.8, 4) is 17.2 Å². The standard InChI is InChI=1S/C29H22N6O15S3/c36-13-20-28(38)23(33-31-16-3-1-15(2-4-16)30-21-6-5-17(35(40)41)9-26(21)53(48,49)50)12-24(29(20)39)34-32-22-10-18(51(42,43)44)7-14-8-19(52(45,46)47)11-25(37)27(14)22/h1-12,30,36-39H,13H2,(H,42,43,44)(H,45,46,47)(H,48,49,50). The Morgan fingerprint density at radius 1 is 0.660 bits per heavy atom. The Morgan fingerprint density at radius 2 is 1.21 bits per heavy atom. The molecule has 0 aliphatic heterocycles. The first-order chi connectivity index (χ1) is 24.7. The van der Waals surface area contributed by atoms with Crippen LogP contribution in [0, 0.1) is 10.1 Å². The number of aromatic hydroxyl groups is 3. The van der Waals surface area contributed by atoms with Gasteiger partial charge in [-0.2, -0.15) is 30.4 Å². The topological polar surface area (TPSA) is 349 Å². The van der Waals surface area contributed by atoms with Gasteiger partial charge < -0.3 is 25.7 Å². The molecule has 0 unspecified atom stereocenters. The van der Waals surface area contributed by atoms with Gasteiger partial charge in [0.15, 0.2) is 11.5 Å². The van der Waals surface area contributed by atoms with Crippen LogP contribution in [0.1, 0.15) is 5.56 Å². The maximum Gasteiger partial charge on any atom is 0.296 e. The highest BCUT2D eigenvalue weighted by Crippen LogP contribution is 2.45. The van der Waals surface area contributed by atoms with Crippen LogP contribution >= 0.6 is 0 Å². The van der Waals surface area contributed by atoms with Gasteiger partial charge in [0, 0.05) is 30.0 Å². The minimum Gasteiger partial charge on any atom is -0.507 e. The number of hydrogen-bond acceptors (Lipinski definition) is 17. The quantitative estimate of drug-likeness (QED) is 0.0345. The number of phenolic OH excluding ortho intramolecular Hbond substituents is 1. The predicted molar refractivity (Wildman–Crippen MR) is 182 cm³/mol. The first-order valence-corrected chi connectivity index (χ1v) is 18.4. The molecule has 0 saturated carbocycles. The summed E-state index contributed by atoms with van der Waals surface area (Å²) in [6, 6.07) is 12.2. The Labute approximate surface area is 297 Å². The van der Waals surface area contributed by atoms with E-state index in [1.54, 1.807) is 0 Å². The van der Waals surface area contributed by atoms with Crippen LogP contribution in [0.3, 0.4) is 0 Å². The summed E-state index contributed by atoms with van der Waals surface area (Å²) in [6.07, 6.45) is 0. The van der Waals surface area contributed by atoms with E-state index >= 15 is 0 Å². The molecule has 0 atom stereocenters. The first-order valence-electron chi connectivity index (χ1n) is 14.1. The third kappa shape index (κ3) is 8.33. The second kappa shape index (κ2) is 14.1. The lowest BCUT2D eigenvalue weighted by molar-refractivity contribution is -0.385. The van der Waals surface area contributed by atoms with Crippen molar-refractivity contribution in [2.45, 2.75) is 21.3 Å². The van der Waals surface area contributed by atoms with Gasteiger partial charge >= 0.3 is 0 Å². The van der Waals surface area contributed by atoms with Crippen molar-refractivity contribution in [2.24, 2.45) is 20.5 Å². The molecule has 0 bridgehead atoms. The van der Waals surface area contributed by atoms with Crippen LogP contribution in [-0.2, 0) is 37.0 Å². The van der Waals surface area contributed by atoms with E-state index in [2.05, 4.69) is 25.8 Å². The van der Waals surface area contributed by atoms with Gasteiger partial charge in [-0.25, -0.2) is 0 Å². The maximum absolute atomic E-state index is 11.9. The summed E-state index contributed by atoms with van der Waals surface area (Å²) in [7, 11) is -14.7. The normalized spacial score (nSPS) is 12.5. The average Bonchev–Trinajstić information content (AvgIpc) is 3.06. The third-order valence-electron chi connectivity index (χ3n) is 7.18. The van der Waals surface area contributed by atoms with Crippen molar-refractivity contribution in [3.05, 3.63) is 88.5 Å². The van der Waals surface area contributed by atoms with Crippen molar-refractivity contribution >= 4 is 80.9 Å². The molecule has 276 valence electrons. The van der Waals surface area contributed by atoms with E-state index in [0.717, 1.165) is 36.4 Å². The number of aliphatic hydroxyl groups excluding tert-OH is 1. The first kappa shape index (κ1) is 38.1. The number of nitrogens with one attached hydrogen (secondary N) is 1. The van der Waals surface area contributed by atoms with Gasteiger partial charge in [0.1, 0.15) is 22.0 Å². The molecule has 0 radical (unpaired) electrons. The summed E-state index contributed by atoms with van der Waals surface area (Å²) < 4.78 is 99.4. The zero-order valence-corrected chi connectivity index (χ0v) is 28.4. The van der Waals surface area contributed by atoms with Crippen molar-refractivity contribution < 1.29 is 64.3 Å². The van der Waals surface area contributed by atoms with Crippen molar-refractivity contribution in [1.29, 1.82) is 0 Å². The molecule has 5 aromatic carbocycles. The number of anilines is 2. The molecule has 24 heteroatoms. The third-order valence-corrected chi connectivity index (χ3v) is 9.73. The number of nitro groups is 1. The molecule has 53 heavy (non-hydrogen) atoms. The molecule has 0 amide bonds. The summed E-state index contributed by atoms with van der Waals surface area (Å²) in [6.45, 7) is -0.960. The van der Waals surface area contributed by atoms with Crippen LogP contribution in [0.5, 0.6) is 17.2 Å². The molecule has 21 nitrogen and oxygen atoms in total. The van der Waals surface area contributed by atoms with E-state index in [4.69, 9.17) is 0 Å². The van der Waals surface area contributed by atoms with Crippen LogP contribution in [0.25, 0.3) is 10.8 Å². The molecule has 5 rings (SSSR count). The Morgan fingerprint density at radius 3 is 1.74 bits per heavy atom. The SMILES string of the molecule is O=[N+]([O-])c1ccc(Nc2ccc(N=Nc3cc(N=Nc4cc(S(=O)(=O)O)cc5cc(S(=O)(=O)O)cc(O)c45)c(O)c(CO)c3O)cc2)c(S(=O)(=O)O)c1. The highest BCUT2D eigenvalue weighted by Gasteiger charge is 2.22. The molecule has 0 aliphatic carbocycles. The van der Waals surface area contributed by atoms with E-state index < -0.39 is 96.4 Å². The lowest BCUT2D eigenvalue weighted by atomic mass is 10.1. The highest BCUT2D eigenvalue weighted by molar-refractivity contribution is 7.86. The molecular formula is C29H22N6O15S3. The summed E-state index contributed by atoms with van der Waals surface area (Å²) in [5.41, 5.74) is -2.25. The number of benzene rings is 5. The minimum atomic E-state index is -4.96. The Bertz CT molecular complexity index is 2720. The fraction of sp³-hybridized carbons (Fsp3) is 0.0345. The Balaban J connectivity index is 1.50. The van der Waals surface area contributed by atoms with E-state index in [1.165, 1.54) is 24.3 Å². The average molecular weight is 791 g/mol. The fourth-order valence-corrected chi connectivity index (χ4v) is 6.45. The minimum absolute atomic E-state index is 0.128. The van der Waals surface area contributed by atoms with Gasteiger partial charge in [0.05, 0.1) is 49.3 Å². The zero-order valence-electron chi connectivity index (χ0n) is 26.0. The number of non-ortho nitro benzene ring substituents is 1. The van der Waals surface area contributed by atoms with Crippen LogP contribution in [0.2, 0.25) is 0 Å². The number of phenols is 3. The summed E-state index contributed by atoms with van der Waals surface area (Å²) >= 11 is 0. The predicted octanol–water partition coefficient (Wildman–Crippen LogP) is 5.67. The second-order valence-corrected chi connectivity index (χ2v) is 14.9. The number of azo groups is 2. The fourth-order valence-electron chi connectivity index (χ4n) is 4.71. The van der Waals surface area contributed by atoms with Gasteiger partial charge in [-0.05, 0) is 53.9 Å². The number of fused-ring (bicyclic) bond motifs is 1. The summed E-state index contributed by atoms with van der Waals surface area (Å²) in [5, 5.41) is 70.3. The second-order valence-electron chi connectivity index (χ2n) is 10.7. The van der Waals surface area contributed by atoms with Gasteiger partial charge in [-0.15, -0.1) is 15.3 Å². The molecule has 0 fully saturated rings. The maximum atomic E-state index is 11.9. The van der Waals surface area contributed by atoms with Crippen LogP contribution in [0.4, 0.5) is 39.8 Å². The number of hydrogen-bond donors (Lipinski definition) is 8. The zero-order chi connectivity index (χ0) is 39.0. The molecule has 0 aliphatic rings. The Hall–Kier alpha value is -6.15.